The molecule has 0 spiro atoms. The minimum Gasteiger partial charge on any atom is -0.370 e. The van der Waals surface area contributed by atoms with E-state index in [2.05, 4.69) is 10.2 Å². The van der Waals surface area contributed by atoms with Crippen LogP contribution in [0.15, 0.2) is 41.3 Å². The minimum absolute atomic E-state index is 0.0789. The van der Waals surface area contributed by atoms with Crippen LogP contribution in [0.1, 0.15) is 48.9 Å². The molecular formula is C23H27F2N3O3S. The Hall–Kier alpha value is -2.52. The van der Waals surface area contributed by atoms with E-state index in [0.29, 0.717) is 18.8 Å². The number of halogens is 2. The summed E-state index contributed by atoms with van der Waals surface area (Å²) >= 11 is 0. The molecule has 0 saturated carbocycles. The third-order valence-corrected chi connectivity index (χ3v) is 7.93. The summed E-state index contributed by atoms with van der Waals surface area (Å²) in [6.45, 7) is 2.48. The zero-order valence-electron chi connectivity index (χ0n) is 17.8. The predicted molar refractivity (Wildman–Crippen MR) is 119 cm³/mol. The third kappa shape index (κ3) is 4.78. The van der Waals surface area contributed by atoms with E-state index < -0.39 is 33.1 Å². The Kier molecular flexibility index (Phi) is 6.76. The average Bonchev–Trinajstić information content (AvgIpc) is 2.81. The fourth-order valence-corrected chi connectivity index (χ4v) is 5.85. The molecule has 0 bridgehead atoms. The van der Waals surface area contributed by atoms with Gasteiger partial charge in [0.2, 0.25) is 10.0 Å². The van der Waals surface area contributed by atoms with Gasteiger partial charge in [-0.15, -0.1) is 0 Å². The van der Waals surface area contributed by atoms with Crippen molar-refractivity contribution < 1.29 is 22.0 Å². The highest BCUT2D eigenvalue weighted by atomic mass is 32.2. The first-order valence-electron chi connectivity index (χ1n) is 11.0. The van der Waals surface area contributed by atoms with E-state index in [9.17, 15) is 22.0 Å². The van der Waals surface area contributed by atoms with E-state index in [0.717, 1.165) is 69.8 Å². The monoisotopic (exact) mass is 463 g/mol. The molecule has 2 aromatic carbocycles. The highest BCUT2D eigenvalue weighted by Crippen LogP contribution is 2.33. The van der Waals surface area contributed by atoms with Crippen LogP contribution < -0.4 is 10.2 Å². The van der Waals surface area contributed by atoms with Crippen LogP contribution >= 0.6 is 0 Å². The van der Waals surface area contributed by atoms with Crippen molar-refractivity contribution in [2.24, 2.45) is 0 Å². The number of nitrogens with one attached hydrogen (secondary N) is 1. The van der Waals surface area contributed by atoms with Gasteiger partial charge in [-0.25, -0.2) is 17.2 Å². The number of benzene rings is 2. The maximum Gasteiger partial charge on any atom is 0.258 e. The maximum atomic E-state index is 14.1. The topological polar surface area (TPSA) is 69.7 Å². The third-order valence-electron chi connectivity index (χ3n) is 6.04. The smallest absolute Gasteiger partial charge is 0.258 e. The van der Waals surface area contributed by atoms with Crippen LogP contribution in [-0.2, 0) is 10.0 Å². The van der Waals surface area contributed by atoms with Crippen LogP contribution in [0.4, 0.5) is 20.2 Å². The lowest BCUT2D eigenvalue weighted by atomic mass is 10.1. The van der Waals surface area contributed by atoms with Crippen LogP contribution in [0, 0.1) is 11.6 Å². The van der Waals surface area contributed by atoms with Gasteiger partial charge in [-0.05, 0) is 68.5 Å². The summed E-state index contributed by atoms with van der Waals surface area (Å²) in [5, 5.41) is 2.64. The molecule has 32 heavy (non-hydrogen) atoms. The van der Waals surface area contributed by atoms with Gasteiger partial charge in [0.05, 0.1) is 21.8 Å². The van der Waals surface area contributed by atoms with Crippen molar-refractivity contribution in [3.63, 3.8) is 0 Å². The van der Waals surface area contributed by atoms with Crippen LogP contribution in [0.25, 0.3) is 0 Å². The maximum absolute atomic E-state index is 14.1. The van der Waals surface area contributed by atoms with Gasteiger partial charge in [-0.2, -0.15) is 4.31 Å². The Morgan fingerprint density at radius 2 is 1.50 bits per heavy atom. The lowest BCUT2D eigenvalue weighted by Gasteiger charge is -2.31. The Balaban J connectivity index is 1.70. The van der Waals surface area contributed by atoms with E-state index in [1.165, 1.54) is 10.4 Å². The molecule has 6 nitrogen and oxygen atoms in total. The van der Waals surface area contributed by atoms with Crippen LogP contribution in [0.2, 0.25) is 0 Å². The molecule has 2 aliphatic rings. The highest BCUT2D eigenvalue weighted by molar-refractivity contribution is 7.89. The van der Waals surface area contributed by atoms with E-state index in [1.807, 2.05) is 0 Å². The van der Waals surface area contributed by atoms with E-state index in [4.69, 9.17) is 0 Å². The molecule has 4 rings (SSSR count). The largest absolute Gasteiger partial charge is 0.370 e. The lowest BCUT2D eigenvalue weighted by molar-refractivity contribution is 0.102. The zero-order valence-corrected chi connectivity index (χ0v) is 18.6. The number of carbonyl (C=O) groups excluding carboxylic acids is 1. The molecule has 1 N–H and O–H groups in total. The number of anilines is 2. The lowest BCUT2D eigenvalue weighted by Crippen LogP contribution is -2.36. The summed E-state index contributed by atoms with van der Waals surface area (Å²) in [6, 6.07) is 7.36. The molecule has 2 aromatic rings. The van der Waals surface area contributed by atoms with Crippen molar-refractivity contribution in [3.8, 4) is 0 Å². The second-order valence-corrected chi connectivity index (χ2v) is 10.2. The van der Waals surface area contributed by atoms with Crippen molar-refractivity contribution in [2.75, 3.05) is 36.4 Å². The van der Waals surface area contributed by atoms with E-state index in [1.54, 1.807) is 12.1 Å². The molecule has 0 aliphatic carbocycles. The van der Waals surface area contributed by atoms with Gasteiger partial charge >= 0.3 is 0 Å². The molecule has 172 valence electrons. The first-order chi connectivity index (χ1) is 15.4. The Morgan fingerprint density at radius 3 is 2.19 bits per heavy atom. The SMILES string of the molecule is O=C(Nc1cc(S(=O)(=O)N2CCCCC2)ccc1N1CCCCC1)c1cc(F)ccc1F. The molecule has 0 aromatic heterocycles. The fourth-order valence-electron chi connectivity index (χ4n) is 4.30. The number of carbonyl (C=O) groups is 1. The van der Waals surface area contributed by atoms with Crippen LogP contribution in [-0.4, -0.2) is 44.8 Å². The highest BCUT2D eigenvalue weighted by Gasteiger charge is 2.28. The second-order valence-electron chi connectivity index (χ2n) is 8.27. The van der Waals surface area contributed by atoms with Gasteiger partial charge < -0.3 is 10.2 Å². The molecule has 1 amide bonds. The van der Waals surface area contributed by atoms with Gasteiger partial charge in [-0.1, -0.05) is 6.42 Å². The minimum atomic E-state index is -3.72. The average molecular weight is 464 g/mol. The number of rotatable bonds is 5. The quantitative estimate of drug-likeness (QED) is 0.715. The molecule has 2 heterocycles. The first kappa shape index (κ1) is 22.7. The van der Waals surface area contributed by atoms with Gasteiger partial charge in [0.15, 0.2) is 0 Å². The number of nitrogens with zero attached hydrogens (tertiary/aromatic N) is 2. The standard InChI is InChI=1S/C23H27F2N3O3S/c24-17-7-9-20(25)19(15-17)23(29)26-21-16-18(32(30,31)28-13-5-2-6-14-28)8-10-22(21)27-11-3-1-4-12-27/h7-10,15-16H,1-6,11-14H2,(H,26,29). The van der Waals surface area contributed by atoms with Crippen molar-refractivity contribution in [1.29, 1.82) is 0 Å². The molecule has 0 unspecified atom stereocenters. The van der Waals surface area contributed by atoms with Crippen LogP contribution in [0.5, 0.6) is 0 Å². The molecule has 9 heteroatoms. The van der Waals surface area contributed by atoms with Gasteiger partial charge in [-0.3, -0.25) is 4.79 Å². The van der Waals surface area contributed by atoms with Gasteiger partial charge in [0, 0.05) is 26.2 Å². The summed E-state index contributed by atoms with van der Waals surface area (Å²) in [5.41, 5.74) is 0.519. The molecular weight excluding hydrogens is 436 g/mol. The van der Waals surface area contributed by atoms with Gasteiger partial charge in [0.25, 0.3) is 5.91 Å². The van der Waals surface area contributed by atoms with Crippen LogP contribution in [0.3, 0.4) is 0 Å². The van der Waals surface area contributed by atoms with Gasteiger partial charge in [0.1, 0.15) is 11.6 Å². The number of piperidine rings is 2. The summed E-state index contributed by atoms with van der Waals surface area (Å²) in [7, 11) is -3.72. The van der Waals surface area contributed by atoms with Crippen molar-refractivity contribution >= 4 is 27.3 Å². The molecule has 2 fully saturated rings. The normalized spacial score (nSPS) is 17.9. The number of hydrogen-bond donors (Lipinski definition) is 1. The number of hydrogen-bond acceptors (Lipinski definition) is 4. The summed E-state index contributed by atoms with van der Waals surface area (Å²) < 4.78 is 55.6. The second kappa shape index (κ2) is 9.54. The molecule has 2 aliphatic heterocycles. The molecule has 0 atom stereocenters. The first-order valence-corrected chi connectivity index (χ1v) is 12.5. The summed E-state index contributed by atoms with van der Waals surface area (Å²) in [5.74, 6) is -2.40. The van der Waals surface area contributed by atoms with Crippen molar-refractivity contribution in [3.05, 3.63) is 53.6 Å². The molecule has 0 radical (unpaired) electrons. The van der Waals surface area contributed by atoms with E-state index >= 15 is 0 Å². The Labute approximate surface area is 187 Å². The summed E-state index contributed by atoms with van der Waals surface area (Å²) in [6.07, 6.45) is 5.70. The Morgan fingerprint density at radius 1 is 0.844 bits per heavy atom. The fraction of sp³-hybridized carbons (Fsp3) is 0.435. The van der Waals surface area contributed by atoms with E-state index in [-0.39, 0.29) is 10.6 Å². The predicted octanol–water partition coefficient (Wildman–Crippen LogP) is 4.38. The number of amides is 1. The van der Waals surface area contributed by atoms with Crippen molar-refractivity contribution in [2.45, 2.75) is 43.4 Å². The van der Waals surface area contributed by atoms with Crippen molar-refractivity contribution in [1.82, 2.24) is 4.31 Å². The zero-order chi connectivity index (χ0) is 22.7. The Bertz CT molecular complexity index is 1100. The molecule has 2 saturated heterocycles. The summed E-state index contributed by atoms with van der Waals surface area (Å²) in [4.78, 5) is 14.9. The number of sulfonamides is 1.